The predicted molar refractivity (Wildman–Crippen MR) is 118 cm³/mol. The normalized spacial score (nSPS) is 18.8. The van der Waals surface area contributed by atoms with Gasteiger partial charge in [-0.25, -0.2) is 19.7 Å². The van der Waals surface area contributed by atoms with Crippen LogP contribution in [0, 0.1) is 0 Å². The van der Waals surface area contributed by atoms with Crippen LogP contribution in [0.5, 0.6) is 0 Å². The molecule has 16 heteroatoms. The lowest BCUT2D eigenvalue weighted by Gasteiger charge is -2.33. The Labute approximate surface area is 214 Å². The first-order valence-corrected chi connectivity index (χ1v) is 11.1. The van der Waals surface area contributed by atoms with Crippen molar-refractivity contribution in [3.63, 3.8) is 0 Å². The molecule has 4 heterocycles. The lowest BCUT2D eigenvalue weighted by atomic mass is 10.2. The van der Waals surface area contributed by atoms with E-state index in [1.54, 1.807) is 17.0 Å². The van der Waals surface area contributed by atoms with Crippen LogP contribution in [0.25, 0.3) is 0 Å². The lowest BCUT2D eigenvalue weighted by Crippen LogP contribution is -2.51. The summed E-state index contributed by atoms with van der Waals surface area (Å²) in [6.45, 7) is 2.64. The second kappa shape index (κ2) is 11.9. The average molecular weight is 537 g/mol. The van der Waals surface area contributed by atoms with E-state index in [-0.39, 0.29) is 5.69 Å². The third-order valence-electron chi connectivity index (χ3n) is 5.33. The number of hydrogen-bond donors (Lipinski definition) is 2. The van der Waals surface area contributed by atoms with E-state index in [9.17, 15) is 29.4 Å². The summed E-state index contributed by atoms with van der Waals surface area (Å²) in [5.41, 5.74) is 0.437. The van der Waals surface area contributed by atoms with Gasteiger partial charge in [0.1, 0.15) is 23.7 Å². The van der Waals surface area contributed by atoms with Crippen LogP contribution in [-0.2, 0) is 14.3 Å². The summed E-state index contributed by atoms with van der Waals surface area (Å²) >= 11 is 5.89. The third-order valence-corrected chi connectivity index (χ3v) is 5.55. The molecule has 2 aliphatic heterocycles. The first-order chi connectivity index (χ1) is 17.5. The molecule has 15 nitrogen and oxygen atoms in total. The van der Waals surface area contributed by atoms with Crippen molar-refractivity contribution >= 4 is 41.4 Å². The highest BCUT2D eigenvalue weighted by molar-refractivity contribution is 6.30. The number of hydrogen-bond acceptors (Lipinski definition) is 13. The zero-order valence-electron chi connectivity index (χ0n) is 19.3. The first-order valence-electron chi connectivity index (χ1n) is 10.7. The average Bonchev–Trinajstić information content (AvgIpc) is 3.15. The number of rotatable bonds is 5. The zero-order chi connectivity index (χ0) is 27.3. The fraction of sp³-hybridized carbons (Fsp3) is 0.381. The third kappa shape index (κ3) is 6.45. The molecule has 4 rings (SSSR count). The highest BCUT2D eigenvalue weighted by Crippen LogP contribution is 2.35. The summed E-state index contributed by atoms with van der Waals surface area (Å²) in [7, 11) is 2.00. The molecule has 0 saturated carbocycles. The standard InChI is InChI=1S/C17H17ClN6O3.C4H6O6/c1-22-6-8-23(9-7-22)17(26)27-16-14-13(19-4-5-20-14)15(25)24(16)12-3-2-11(18)10-21-12;5-1(3(7)8)2(6)4(9)10/h2-5,10,16H,6-9H2,1H3;1-2,5-6H,(H,7,8)(H,9,10)/p-2/t16-;1-,2-/m01/s1. The number of pyridine rings is 1. The Kier molecular flexibility index (Phi) is 8.88. The molecule has 2 aromatic heterocycles. The Morgan fingerprint density at radius 3 is 2.16 bits per heavy atom. The fourth-order valence-corrected chi connectivity index (χ4v) is 3.41. The summed E-state index contributed by atoms with van der Waals surface area (Å²) in [6.07, 6.45) is -2.10. The molecule has 3 atom stereocenters. The second-order valence-electron chi connectivity index (χ2n) is 7.85. The molecule has 2 aliphatic rings. The van der Waals surface area contributed by atoms with Gasteiger partial charge < -0.3 is 44.6 Å². The van der Waals surface area contributed by atoms with Gasteiger partial charge in [0.25, 0.3) is 5.91 Å². The Morgan fingerprint density at radius 1 is 1.03 bits per heavy atom. The van der Waals surface area contributed by atoms with E-state index in [2.05, 4.69) is 19.9 Å². The van der Waals surface area contributed by atoms with E-state index < -0.39 is 42.4 Å². The van der Waals surface area contributed by atoms with Gasteiger partial charge in [0.15, 0.2) is 5.69 Å². The van der Waals surface area contributed by atoms with Gasteiger partial charge in [0.05, 0.1) is 17.0 Å². The molecule has 2 amide bonds. The minimum Gasteiger partial charge on any atom is -0.547 e. The maximum Gasteiger partial charge on any atom is 0.412 e. The number of carbonyl (C=O) groups excluding carboxylic acids is 4. The van der Waals surface area contributed by atoms with Gasteiger partial charge in [-0.2, -0.15) is 0 Å². The highest BCUT2D eigenvalue weighted by Gasteiger charge is 2.44. The minimum absolute atomic E-state index is 0.144. The van der Waals surface area contributed by atoms with E-state index in [1.807, 2.05) is 7.05 Å². The number of aliphatic hydroxyl groups excluding tert-OH is 2. The number of carbonyl (C=O) groups is 4. The Balaban J connectivity index is 0.000000325. The van der Waals surface area contributed by atoms with Crippen LogP contribution in [0.2, 0.25) is 5.02 Å². The van der Waals surface area contributed by atoms with E-state index in [4.69, 9.17) is 26.6 Å². The van der Waals surface area contributed by atoms with Crippen LogP contribution < -0.4 is 15.1 Å². The van der Waals surface area contributed by atoms with Crippen molar-refractivity contribution in [1.29, 1.82) is 0 Å². The van der Waals surface area contributed by atoms with Gasteiger partial charge in [-0.3, -0.25) is 9.78 Å². The molecular formula is C21H21ClN6O9-2. The van der Waals surface area contributed by atoms with Crippen molar-refractivity contribution < 1.29 is 44.3 Å². The number of amides is 2. The first kappa shape index (κ1) is 27.7. The van der Waals surface area contributed by atoms with Gasteiger partial charge in [-0.1, -0.05) is 11.6 Å². The second-order valence-corrected chi connectivity index (χ2v) is 8.29. The highest BCUT2D eigenvalue weighted by atomic mass is 35.5. The molecule has 37 heavy (non-hydrogen) atoms. The van der Waals surface area contributed by atoms with Crippen LogP contribution in [0.3, 0.4) is 0 Å². The molecule has 2 N–H and O–H groups in total. The number of piperazine rings is 1. The van der Waals surface area contributed by atoms with Crippen LogP contribution in [0.1, 0.15) is 22.4 Å². The Hall–Kier alpha value is -3.92. The largest absolute Gasteiger partial charge is 0.547 e. The van der Waals surface area contributed by atoms with Crippen molar-refractivity contribution in [3.05, 3.63) is 47.1 Å². The number of fused-ring (bicyclic) bond motifs is 1. The number of nitrogens with zero attached hydrogens (tertiary/aromatic N) is 6. The number of aliphatic hydroxyl groups is 2. The molecule has 0 unspecified atom stereocenters. The summed E-state index contributed by atoms with van der Waals surface area (Å²) < 4.78 is 5.68. The van der Waals surface area contributed by atoms with Gasteiger partial charge in [-0.15, -0.1) is 0 Å². The molecule has 0 spiro atoms. The van der Waals surface area contributed by atoms with Gasteiger partial charge in [0.2, 0.25) is 6.23 Å². The predicted octanol–water partition coefficient (Wildman–Crippen LogP) is -3.22. The topological polar surface area (TPSA) is 212 Å². The summed E-state index contributed by atoms with van der Waals surface area (Å²) in [5, 5.41) is 36.2. The fourth-order valence-electron chi connectivity index (χ4n) is 3.30. The van der Waals surface area contributed by atoms with E-state index in [1.165, 1.54) is 23.5 Å². The number of aliphatic carboxylic acids is 2. The van der Waals surface area contributed by atoms with Crippen LogP contribution in [0.4, 0.5) is 10.6 Å². The lowest BCUT2D eigenvalue weighted by molar-refractivity contribution is -0.333. The summed E-state index contributed by atoms with van der Waals surface area (Å²) in [5.74, 6) is -4.24. The Morgan fingerprint density at radius 2 is 1.62 bits per heavy atom. The van der Waals surface area contributed by atoms with Crippen LogP contribution in [0.15, 0.2) is 30.7 Å². The van der Waals surface area contributed by atoms with Crippen molar-refractivity contribution in [2.45, 2.75) is 18.4 Å². The van der Waals surface area contributed by atoms with Gasteiger partial charge >= 0.3 is 6.09 Å². The summed E-state index contributed by atoms with van der Waals surface area (Å²) in [4.78, 5) is 62.3. The molecule has 0 aliphatic carbocycles. The van der Waals surface area contributed by atoms with Crippen LogP contribution in [-0.4, -0.2) is 104 Å². The van der Waals surface area contributed by atoms with Crippen molar-refractivity contribution in [2.24, 2.45) is 0 Å². The van der Waals surface area contributed by atoms with E-state index >= 15 is 0 Å². The number of ether oxygens (including phenoxy) is 1. The van der Waals surface area contributed by atoms with Gasteiger partial charge in [0, 0.05) is 44.8 Å². The SMILES string of the molecule is CN1CCN(C(=O)O[C@H]2c3nccnc3C(=O)N2c2ccc(Cl)cn2)CC1.O=C([O-])[C@H](O)[C@@H](O)C(=O)[O-]. The Bertz CT molecular complexity index is 1140. The minimum atomic E-state index is -2.44. The molecule has 198 valence electrons. The quantitative estimate of drug-likeness (QED) is 0.385. The molecule has 0 bridgehead atoms. The molecule has 0 aromatic carbocycles. The van der Waals surface area contributed by atoms with Crippen molar-refractivity contribution in [1.82, 2.24) is 24.8 Å². The zero-order valence-corrected chi connectivity index (χ0v) is 20.0. The summed E-state index contributed by atoms with van der Waals surface area (Å²) in [6, 6.07) is 3.20. The van der Waals surface area contributed by atoms with E-state index in [0.717, 1.165) is 13.1 Å². The maximum atomic E-state index is 12.8. The number of anilines is 1. The number of halogens is 1. The maximum absolute atomic E-state index is 12.8. The smallest absolute Gasteiger partial charge is 0.412 e. The van der Waals surface area contributed by atoms with E-state index in [0.29, 0.717) is 29.6 Å². The number of carboxylic acid groups (broad SMARTS) is 2. The molecule has 0 radical (unpaired) electrons. The van der Waals surface area contributed by atoms with Crippen LogP contribution >= 0.6 is 11.6 Å². The number of likely N-dealkylation sites (N-methyl/N-ethyl adjacent to an activating group) is 1. The van der Waals surface area contributed by atoms with Crippen molar-refractivity contribution in [2.75, 3.05) is 38.1 Å². The molecular weight excluding hydrogens is 516 g/mol. The number of carboxylic acids is 2. The number of aromatic nitrogens is 3. The monoisotopic (exact) mass is 536 g/mol. The molecule has 1 fully saturated rings. The molecule has 1 saturated heterocycles. The van der Waals surface area contributed by atoms with Crippen molar-refractivity contribution in [3.8, 4) is 0 Å². The molecule has 2 aromatic rings. The van der Waals surface area contributed by atoms with Gasteiger partial charge in [-0.05, 0) is 19.2 Å².